The molecule has 3 heterocycles. The predicted octanol–water partition coefficient (Wildman–Crippen LogP) is 4.58. The van der Waals surface area contributed by atoms with Gasteiger partial charge < -0.3 is 5.32 Å². The van der Waals surface area contributed by atoms with Crippen LogP contribution in [-0.2, 0) is 31.4 Å². The molecular weight excluding hydrogens is 587 g/mol. The maximum atomic E-state index is 14.2. The highest BCUT2D eigenvalue weighted by molar-refractivity contribution is 7.91. The van der Waals surface area contributed by atoms with Crippen molar-refractivity contribution in [3.63, 3.8) is 0 Å². The lowest BCUT2D eigenvalue weighted by molar-refractivity contribution is -0.124. The van der Waals surface area contributed by atoms with Crippen molar-refractivity contribution in [2.45, 2.75) is 37.3 Å². The van der Waals surface area contributed by atoms with Gasteiger partial charge in [-0.1, -0.05) is 47.5 Å². The zero-order valence-corrected chi connectivity index (χ0v) is 24.5. The van der Waals surface area contributed by atoms with Crippen LogP contribution in [0.1, 0.15) is 25.8 Å². The second kappa shape index (κ2) is 11.2. The van der Waals surface area contributed by atoms with E-state index in [0.29, 0.717) is 15.7 Å². The van der Waals surface area contributed by atoms with Gasteiger partial charge in [-0.25, -0.2) is 28.3 Å². The molecule has 0 radical (unpaired) electrons. The van der Waals surface area contributed by atoms with E-state index >= 15 is 0 Å². The van der Waals surface area contributed by atoms with Crippen LogP contribution >= 0.6 is 23.2 Å². The minimum absolute atomic E-state index is 0.0835. The Labute approximate surface area is 247 Å². The number of carbonyl (C=O) groups is 2. The van der Waals surface area contributed by atoms with Crippen LogP contribution in [0.5, 0.6) is 0 Å². The van der Waals surface area contributed by atoms with E-state index < -0.39 is 15.4 Å². The number of carbonyl (C=O) groups excluding carboxylic acids is 2. The lowest BCUT2D eigenvalue weighted by Gasteiger charge is -2.27. The molecule has 212 valence electrons. The molecule has 0 fully saturated rings. The van der Waals surface area contributed by atoms with E-state index in [2.05, 4.69) is 20.3 Å². The number of nitrogens with one attached hydrogen (secondary N) is 1. The Morgan fingerprint density at radius 2 is 1.66 bits per heavy atom. The van der Waals surface area contributed by atoms with E-state index in [-0.39, 0.29) is 47.9 Å². The number of fused-ring (bicyclic) bond motifs is 1. The lowest BCUT2D eigenvalue weighted by Crippen LogP contribution is -2.42. The summed E-state index contributed by atoms with van der Waals surface area (Å²) in [5, 5.41) is 3.16. The molecule has 2 aromatic heterocycles. The molecule has 41 heavy (non-hydrogen) atoms. The smallest absolute Gasteiger partial charge is 0.260 e. The van der Waals surface area contributed by atoms with E-state index in [1.807, 2.05) is 24.3 Å². The maximum Gasteiger partial charge on any atom is 0.260 e. The third kappa shape index (κ3) is 5.70. The summed E-state index contributed by atoms with van der Waals surface area (Å²) in [5.74, 6) is -0.713. The van der Waals surface area contributed by atoms with Crippen LogP contribution in [0.3, 0.4) is 0 Å². The highest BCUT2D eigenvalue weighted by Crippen LogP contribution is 2.44. The number of benzene rings is 2. The normalized spacial score (nSPS) is 16.6. The Hall–Kier alpha value is -3.80. The number of anilines is 2. The number of nitrogens with zero attached hydrogens (tertiary/aromatic N) is 5. The Kier molecular flexibility index (Phi) is 7.87. The molecule has 4 aromatic rings. The Morgan fingerprint density at radius 1 is 1.00 bits per heavy atom. The van der Waals surface area contributed by atoms with E-state index in [0.717, 1.165) is 16.7 Å². The zero-order chi connectivity index (χ0) is 29.4. The fourth-order valence-corrected chi connectivity index (χ4v) is 6.97. The molecule has 1 unspecified atom stereocenters. The average molecular weight is 614 g/mol. The second-order valence-corrected chi connectivity index (χ2v) is 12.9. The highest BCUT2D eigenvalue weighted by Gasteiger charge is 2.51. The topological polar surface area (TPSA) is 127 Å². The van der Waals surface area contributed by atoms with Crippen LogP contribution < -0.4 is 10.2 Å². The summed E-state index contributed by atoms with van der Waals surface area (Å²) in [5.41, 5.74) is 1.57. The fourth-order valence-electron chi connectivity index (χ4n) is 4.94. The molecule has 0 saturated carbocycles. The Bertz CT molecular complexity index is 1710. The average Bonchev–Trinajstić information content (AvgIpc) is 3.45. The van der Waals surface area contributed by atoms with Crippen LogP contribution in [0.25, 0.3) is 11.1 Å². The van der Waals surface area contributed by atoms with Gasteiger partial charge in [-0.2, -0.15) is 0 Å². The van der Waals surface area contributed by atoms with Gasteiger partial charge in [-0.15, -0.1) is 0 Å². The molecule has 1 aliphatic heterocycles. The highest BCUT2D eigenvalue weighted by atomic mass is 35.5. The fraction of sp³-hybridized carbons (Fsp3) is 0.250. The quantitative estimate of drug-likeness (QED) is 0.274. The van der Waals surface area contributed by atoms with Crippen molar-refractivity contribution >= 4 is 56.5 Å². The molecule has 1 aliphatic rings. The first-order valence-corrected chi connectivity index (χ1v) is 15.1. The third-order valence-corrected chi connectivity index (χ3v) is 9.04. The van der Waals surface area contributed by atoms with Crippen molar-refractivity contribution in [3.8, 4) is 11.1 Å². The minimum Gasteiger partial charge on any atom is -0.356 e. The number of hydrogen-bond donors (Lipinski definition) is 1. The molecule has 13 heteroatoms. The number of sulfone groups is 1. The van der Waals surface area contributed by atoms with Gasteiger partial charge in [-0.3, -0.25) is 14.2 Å². The lowest BCUT2D eigenvalue weighted by atomic mass is 9.91. The van der Waals surface area contributed by atoms with Crippen LogP contribution in [-0.4, -0.2) is 52.0 Å². The SMILES string of the molecule is CC(=O)NCCCS(=O)(=O)c1cnc2n1C(C)(Cc1ccc(-c3cncnc3)cc1)C(=O)N2c1cc(Cl)cc(Cl)c1. The van der Waals surface area contributed by atoms with Gasteiger partial charge in [0.25, 0.3) is 5.91 Å². The molecule has 0 saturated heterocycles. The molecular formula is C28H26Cl2N6O4S. The van der Waals surface area contributed by atoms with E-state index in [9.17, 15) is 18.0 Å². The molecule has 0 bridgehead atoms. The summed E-state index contributed by atoms with van der Waals surface area (Å²) in [4.78, 5) is 39.3. The first-order chi connectivity index (χ1) is 19.5. The summed E-state index contributed by atoms with van der Waals surface area (Å²) < 4.78 is 28.6. The first-order valence-electron chi connectivity index (χ1n) is 12.7. The second-order valence-electron chi connectivity index (χ2n) is 9.93. The third-order valence-electron chi connectivity index (χ3n) is 6.85. The summed E-state index contributed by atoms with van der Waals surface area (Å²) in [6.07, 6.45) is 6.52. The van der Waals surface area contributed by atoms with Crippen molar-refractivity contribution in [1.82, 2.24) is 24.8 Å². The monoisotopic (exact) mass is 612 g/mol. The predicted molar refractivity (Wildman–Crippen MR) is 156 cm³/mol. The summed E-state index contributed by atoms with van der Waals surface area (Å²) in [6.45, 7) is 3.27. The maximum absolute atomic E-state index is 14.2. The van der Waals surface area contributed by atoms with E-state index in [1.54, 1.807) is 37.5 Å². The minimum atomic E-state index is -3.89. The van der Waals surface area contributed by atoms with Gasteiger partial charge in [0.2, 0.25) is 11.9 Å². The molecule has 10 nitrogen and oxygen atoms in total. The van der Waals surface area contributed by atoms with Crippen molar-refractivity contribution in [3.05, 3.63) is 83.0 Å². The van der Waals surface area contributed by atoms with Crippen LogP contribution in [0.2, 0.25) is 10.0 Å². The molecule has 1 atom stereocenters. The van der Waals surface area contributed by atoms with Gasteiger partial charge in [0.05, 0.1) is 17.6 Å². The standard InChI is InChI=1S/C28H26Cl2N6O4S/c1-18(37)33-8-3-9-41(39,40)25-16-34-27-35(24-11-22(29)10-23(30)12-24)26(38)28(2,36(25)27)13-19-4-6-20(7-5-19)21-14-31-17-32-15-21/h4-7,10-12,14-17H,3,8-9,13H2,1-2H3,(H,33,37). The van der Waals surface area contributed by atoms with Crippen LogP contribution in [0, 0.1) is 0 Å². The van der Waals surface area contributed by atoms with E-state index in [1.165, 1.54) is 28.9 Å². The number of hydrogen-bond acceptors (Lipinski definition) is 7. The molecule has 0 aliphatic carbocycles. The molecule has 2 amide bonds. The number of amides is 2. The summed E-state index contributed by atoms with van der Waals surface area (Å²) in [6, 6.07) is 12.3. The van der Waals surface area contributed by atoms with Crippen molar-refractivity contribution in [2.75, 3.05) is 17.2 Å². The number of rotatable bonds is 9. The molecule has 0 spiro atoms. The Morgan fingerprint density at radius 3 is 2.29 bits per heavy atom. The number of halogens is 2. The van der Waals surface area contributed by atoms with Gasteiger partial charge >= 0.3 is 0 Å². The summed E-state index contributed by atoms with van der Waals surface area (Å²) in [7, 11) is -3.89. The zero-order valence-electron chi connectivity index (χ0n) is 22.2. The van der Waals surface area contributed by atoms with Crippen molar-refractivity contribution < 1.29 is 18.0 Å². The van der Waals surface area contributed by atoms with Crippen LogP contribution in [0.15, 0.2) is 72.4 Å². The number of imidazole rings is 1. The molecule has 1 N–H and O–H groups in total. The largest absolute Gasteiger partial charge is 0.356 e. The Balaban J connectivity index is 1.55. The molecule has 2 aromatic carbocycles. The van der Waals surface area contributed by atoms with E-state index in [4.69, 9.17) is 23.2 Å². The van der Waals surface area contributed by atoms with Crippen molar-refractivity contribution in [2.24, 2.45) is 0 Å². The first kappa shape index (κ1) is 28.7. The van der Waals surface area contributed by atoms with Crippen molar-refractivity contribution in [1.29, 1.82) is 0 Å². The van der Waals surface area contributed by atoms with Gasteiger partial charge in [0, 0.05) is 47.9 Å². The molecule has 5 rings (SSSR count). The van der Waals surface area contributed by atoms with Gasteiger partial charge in [0.15, 0.2) is 14.9 Å². The van der Waals surface area contributed by atoms with Crippen LogP contribution in [0.4, 0.5) is 11.6 Å². The van der Waals surface area contributed by atoms with Gasteiger partial charge in [-0.05, 0) is 42.7 Å². The number of aromatic nitrogens is 4. The summed E-state index contributed by atoms with van der Waals surface area (Å²) >= 11 is 12.5. The van der Waals surface area contributed by atoms with Gasteiger partial charge in [0.1, 0.15) is 11.9 Å².